The molecule has 0 saturated carbocycles. The Morgan fingerprint density at radius 2 is 2.12 bits per heavy atom. The van der Waals surface area contributed by atoms with Crippen molar-refractivity contribution in [1.82, 2.24) is 0 Å². The van der Waals surface area contributed by atoms with Crippen LogP contribution in [0, 0.1) is 0 Å². The van der Waals surface area contributed by atoms with Gasteiger partial charge in [0.05, 0.1) is 23.4 Å². The Kier molecular flexibility index (Phi) is 5.25. The van der Waals surface area contributed by atoms with Crippen molar-refractivity contribution in [3.63, 3.8) is 0 Å². The monoisotopic (exact) mass is 275 g/mol. The molecule has 1 rings (SSSR count). The molecule has 92 valence electrons. The number of carbonyl (C=O) groups excluding carboxylic acids is 2. The predicted octanol–water partition coefficient (Wildman–Crippen LogP) is 2.69. The van der Waals surface area contributed by atoms with Gasteiger partial charge in [-0.15, -0.1) is 11.6 Å². The van der Waals surface area contributed by atoms with E-state index < -0.39 is 5.97 Å². The number of halogens is 2. The number of esters is 1. The number of nitrogens with one attached hydrogen (secondary N) is 1. The Morgan fingerprint density at radius 1 is 1.41 bits per heavy atom. The number of methoxy groups -OCH3 is 1. The first-order valence-electron chi connectivity index (χ1n) is 4.82. The van der Waals surface area contributed by atoms with E-state index in [0.717, 1.165) is 0 Å². The van der Waals surface area contributed by atoms with Gasteiger partial charge in [-0.25, -0.2) is 4.79 Å². The molecule has 0 spiro atoms. The van der Waals surface area contributed by atoms with Crippen molar-refractivity contribution in [1.29, 1.82) is 0 Å². The molecule has 0 aliphatic heterocycles. The van der Waals surface area contributed by atoms with Crippen molar-refractivity contribution in [2.45, 2.75) is 6.42 Å². The zero-order valence-corrected chi connectivity index (χ0v) is 10.6. The van der Waals surface area contributed by atoms with E-state index in [0.29, 0.717) is 16.3 Å². The molecule has 0 heterocycles. The van der Waals surface area contributed by atoms with Crippen LogP contribution in [0.5, 0.6) is 0 Å². The quantitative estimate of drug-likeness (QED) is 0.679. The number of benzene rings is 1. The van der Waals surface area contributed by atoms with Crippen LogP contribution in [0.15, 0.2) is 18.2 Å². The fraction of sp³-hybridized carbons (Fsp3) is 0.273. The lowest BCUT2D eigenvalue weighted by Gasteiger charge is -2.08. The first kappa shape index (κ1) is 13.8. The molecule has 1 amide bonds. The maximum Gasteiger partial charge on any atom is 0.337 e. The van der Waals surface area contributed by atoms with E-state index >= 15 is 0 Å². The fourth-order valence-electron chi connectivity index (χ4n) is 1.16. The van der Waals surface area contributed by atoms with Gasteiger partial charge in [-0.3, -0.25) is 4.79 Å². The highest BCUT2D eigenvalue weighted by Crippen LogP contribution is 2.23. The van der Waals surface area contributed by atoms with Gasteiger partial charge < -0.3 is 10.1 Å². The number of hydrogen-bond acceptors (Lipinski definition) is 3. The van der Waals surface area contributed by atoms with Crippen LogP contribution in [-0.2, 0) is 9.53 Å². The van der Waals surface area contributed by atoms with E-state index in [1.54, 1.807) is 0 Å². The summed E-state index contributed by atoms with van der Waals surface area (Å²) in [6.45, 7) is 0. The summed E-state index contributed by atoms with van der Waals surface area (Å²) in [5.41, 5.74) is 0.683. The average Bonchev–Trinajstić information content (AvgIpc) is 2.31. The van der Waals surface area contributed by atoms with Crippen molar-refractivity contribution in [3.05, 3.63) is 28.8 Å². The Morgan fingerprint density at radius 3 is 2.71 bits per heavy atom. The zero-order valence-electron chi connectivity index (χ0n) is 9.13. The number of ether oxygens (including phenoxy) is 1. The fourth-order valence-corrected chi connectivity index (χ4v) is 1.50. The zero-order chi connectivity index (χ0) is 12.8. The Labute approximate surface area is 109 Å². The van der Waals surface area contributed by atoms with Crippen molar-refractivity contribution >= 4 is 40.8 Å². The molecule has 0 bridgehead atoms. The molecule has 0 saturated heterocycles. The summed E-state index contributed by atoms with van der Waals surface area (Å²) < 4.78 is 4.57. The molecular formula is C11H11Cl2NO3. The summed E-state index contributed by atoms with van der Waals surface area (Å²) >= 11 is 11.3. The predicted molar refractivity (Wildman–Crippen MR) is 66.8 cm³/mol. The second-order valence-corrected chi connectivity index (χ2v) is 3.96. The van der Waals surface area contributed by atoms with E-state index in [-0.39, 0.29) is 18.2 Å². The van der Waals surface area contributed by atoms with E-state index in [1.807, 2.05) is 0 Å². The number of anilines is 1. The topological polar surface area (TPSA) is 55.4 Å². The molecule has 6 heteroatoms. The SMILES string of the molecule is COC(=O)c1ccc(Cl)c(NC(=O)CCCl)c1. The third-order valence-electron chi connectivity index (χ3n) is 1.98. The molecule has 0 aliphatic rings. The highest BCUT2D eigenvalue weighted by molar-refractivity contribution is 6.34. The molecule has 0 unspecified atom stereocenters. The highest BCUT2D eigenvalue weighted by atomic mass is 35.5. The highest BCUT2D eigenvalue weighted by Gasteiger charge is 2.10. The van der Waals surface area contributed by atoms with Gasteiger partial charge in [0.1, 0.15) is 0 Å². The molecule has 1 aromatic rings. The summed E-state index contributed by atoms with van der Waals surface area (Å²) in [7, 11) is 1.28. The number of alkyl halides is 1. The molecule has 17 heavy (non-hydrogen) atoms. The minimum absolute atomic E-state index is 0.181. The van der Waals surface area contributed by atoms with Crippen LogP contribution in [0.4, 0.5) is 5.69 Å². The van der Waals surface area contributed by atoms with Gasteiger partial charge in [0.2, 0.25) is 5.91 Å². The lowest BCUT2D eigenvalue weighted by atomic mass is 10.2. The minimum atomic E-state index is -0.491. The lowest BCUT2D eigenvalue weighted by Crippen LogP contribution is -2.13. The normalized spacial score (nSPS) is 9.82. The van der Waals surface area contributed by atoms with Crippen molar-refractivity contribution in [3.8, 4) is 0 Å². The summed E-state index contributed by atoms with van der Waals surface area (Å²) in [4.78, 5) is 22.6. The number of hydrogen-bond donors (Lipinski definition) is 1. The lowest BCUT2D eigenvalue weighted by molar-refractivity contribution is -0.115. The van der Waals surface area contributed by atoms with Gasteiger partial charge in [0, 0.05) is 12.3 Å². The van der Waals surface area contributed by atoms with Gasteiger partial charge in [-0.2, -0.15) is 0 Å². The average molecular weight is 276 g/mol. The van der Waals surface area contributed by atoms with E-state index in [1.165, 1.54) is 25.3 Å². The summed E-state index contributed by atoms with van der Waals surface area (Å²) in [6.07, 6.45) is 0.181. The molecule has 0 aliphatic carbocycles. The summed E-state index contributed by atoms with van der Waals surface area (Å²) in [5, 5.41) is 2.92. The van der Waals surface area contributed by atoms with E-state index in [4.69, 9.17) is 23.2 Å². The van der Waals surface area contributed by atoms with Crippen LogP contribution >= 0.6 is 23.2 Å². The second-order valence-electron chi connectivity index (χ2n) is 3.17. The van der Waals surface area contributed by atoms with Crippen LogP contribution in [0.2, 0.25) is 5.02 Å². The van der Waals surface area contributed by atoms with Crippen molar-refractivity contribution < 1.29 is 14.3 Å². The third kappa shape index (κ3) is 3.91. The van der Waals surface area contributed by atoms with E-state index in [9.17, 15) is 9.59 Å². The van der Waals surface area contributed by atoms with Gasteiger partial charge in [-0.05, 0) is 18.2 Å². The van der Waals surface area contributed by atoms with Crippen LogP contribution in [-0.4, -0.2) is 24.9 Å². The van der Waals surface area contributed by atoms with Crippen LogP contribution in [0.1, 0.15) is 16.8 Å². The number of carbonyl (C=O) groups is 2. The standard InChI is InChI=1S/C11H11Cl2NO3/c1-17-11(16)7-2-3-8(13)9(6-7)14-10(15)4-5-12/h2-3,6H,4-5H2,1H3,(H,14,15). The maximum atomic E-state index is 11.3. The molecule has 4 nitrogen and oxygen atoms in total. The number of rotatable bonds is 4. The molecule has 0 fully saturated rings. The smallest absolute Gasteiger partial charge is 0.337 e. The first-order valence-corrected chi connectivity index (χ1v) is 5.73. The summed E-state index contributed by atoms with van der Waals surface area (Å²) in [6, 6.07) is 4.50. The molecule has 1 N–H and O–H groups in total. The van der Waals surface area contributed by atoms with Crippen molar-refractivity contribution in [2.24, 2.45) is 0 Å². The molecule has 0 aromatic heterocycles. The van der Waals surface area contributed by atoms with Crippen LogP contribution < -0.4 is 5.32 Å². The number of amides is 1. The van der Waals surface area contributed by atoms with Gasteiger partial charge in [-0.1, -0.05) is 11.6 Å². The second kappa shape index (κ2) is 6.47. The maximum absolute atomic E-state index is 11.3. The molecule has 0 atom stereocenters. The summed E-state index contributed by atoms with van der Waals surface area (Å²) in [5.74, 6) is -0.529. The first-order chi connectivity index (χ1) is 8.08. The van der Waals surface area contributed by atoms with Crippen LogP contribution in [0.25, 0.3) is 0 Å². The van der Waals surface area contributed by atoms with Crippen LogP contribution in [0.3, 0.4) is 0 Å². The third-order valence-corrected chi connectivity index (χ3v) is 2.50. The van der Waals surface area contributed by atoms with Gasteiger partial charge in [0.15, 0.2) is 0 Å². The van der Waals surface area contributed by atoms with Crippen molar-refractivity contribution in [2.75, 3.05) is 18.3 Å². The minimum Gasteiger partial charge on any atom is -0.465 e. The van der Waals surface area contributed by atoms with Gasteiger partial charge in [0.25, 0.3) is 0 Å². The Hall–Kier alpha value is -1.26. The van der Waals surface area contributed by atoms with E-state index in [2.05, 4.69) is 10.1 Å². The largest absolute Gasteiger partial charge is 0.465 e. The van der Waals surface area contributed by atoms with Gasteiger partial charge >= 0.3 is 5.97 Å². The Balaban J connectivity index is 2.90. The molecule has 0 radical (unpaired) electrons. The Bertz CT molecular complexity index is 435. The molecular weight excluding hydrogens is 265 g/mol. The molecule has 1 aromatic carbocycles.